The van der Waals surface area contributed by atoms with E-state index in [1.807, 2.05) is 0 Å². The molecule has 0 aliphatic rings. The lowest BCUT2D eigenvalue weighted by Crippen LogP contribution is -2.16. The van der Waals surface area contributed by atoms with Crippen LogP contribution < -0.4 is 5.32 Å². The molecule has 0 fully saturated rings. The lowest BCUT2D eigenvalue weighted by atomic mass is 10.1. The van der Waals surface area contributed by atoms with E-state index in [4.69, 9.17) is 0 Å². The topological polar surface area (TPSA) is 75.1 Å². The number of benzene rings is 2. The molecule has 0 saturated carbocycles. The van der Waals surface area contributed by atoms with Gasteiger partial charge in [-0.15, -0.1) is 0 Å². The van der Waals surface area contributed by atoms with Crippen LogP contribution >= 0.6 is 0 Å². The first-order chi connectivity index (χ1) is 12.0. The molecule has 25 heavy (non-hydrogen) atoms. The van der Waals surface area contributed by atoms with Crippen molar-refractivity contribution in [2.45, 2.75) is 13.3 Å². The molecule has 0 bridgehead atoms. The van der Waals surface area contributed by atoms with E-state index in [0.29, 0.717) is 17.2 Å². The summed E-state index contributed by atoms with van der Waals surface area (Å²) < 4.78 is 13.0. The van der Waals surface area contributed by atoms with Crippen LogP contribution in [-0.2, 0) is 11.2 Å². The fourth-order valence-electron chi connectivity index (χ4n) is 2.34. The first-order valence-corrected chi connectivity index (χ1v) is 7.68. The van der Waals surface area contributed by atoms with Gasteiger partial charge in [0, 0.05) is 5.56 Å². The van der Waals surface area contributed by atoms with Crippen LogP contribution in [0.5, 0.6) is 5.75 Å². The summed E-state index contributed by atoms with van der Waals surface area (Å²) in [7, 11) is 0. The molecule has 0 radical (unpaired) electrons. The van der Waals surface area contributed by atoms with Crippen LogP contribution in [0.15, 0.2) is 54.7 Å². The Labute approximate surface area is 144 Å². The summed E-state index contributed by atoms with van der Waals surface area (Å²) in [6.07, 6.45) is 1.71. The summed E-state index contributed by atoms with van der Waals surface area (Å²) in [5.74, 6) is 0.000980. The van der Waals surface area contributed by atoms with Gasteiger partial charge in [-0.25, -0.2) is 14.4 Å². The number of phenolic OH excluding ortho intramolecular Hbond substituents is 1. The predicted octanol–water partition coefficient (Wildman–Crippen LogP) is 3.48. The molecular weight excluding hydrogens is 321 g/mol. The summed E-state index contributed by atoms with van der Waals surface area (Å²) in [5, 5.41) is 12.0. The minimum atomic E-state index is -0.313. The Hall–Kier alpha value is -3.28. The number of aryl methyl sites for hydroxylation is 1. The number of carbonyl (C=O) groups is 1. The number of aromatic hydroxyl groups is 1. The van der Waals surface area contributed by atoms with Crippen molar-refractivity contribution < 1.29 is 14.3 Å². The van der Waals surface area contributed by atoms with Gasteiger partial charge >= 0.3 is 0 Å². The zero-order chi connectivity index (χ0) is 17.8. The van der Waals surface area contributed by atoms with Crippen molar-refractivity contribution in [2.24, 2.45) is 0 Å². The van der Waals surface area contributed by atoms with Gasteiger partial charge in [0.1, 0.15) is 11.6 Å². The molecule has 6 heteroatoms. The number of nitrogens with one attached hydrogen (secondary N) is 1. The van der Waals surface area contributed by atoms with Crippen molar-refractivity contribution in [3.63, 3.8) is 0 Å². The number of halogens is 1. The van der Waals surface area contributed by atoms with Crippen LogP contribution in [0.1, 0.15) is 11.3 Å². The Morgan fingerprint density at radius 1 is 1.12 bits per heavy atom. The van der Waals surface area contributed by atoms with Crippen molar-refractivity contribution in [1.29, 1.82) is 0 Å². The number of hydrogen-bond donors (Lipinski definition) is 2. The number of anilines is 1. The molecule has 3 rings (SSSR count). The number of hydrogen-bond acceptors (Lipinski definition) is 4. The van der Waals surface area contributed by atoms with Gasteiger partial charge in [-0.2, -0.15) is 0 Å². The molecule has 1 amide bonds. The Bertz CT molecular complexity index is 894. The van der Waals surface area contributed by atoms with E-state index >= 15 is 0 Å². The highest BCUT2D eigenvalue weighted by atomic mass is 19.1. The van der Waals surface area contributed by atoms with Crippen molar-refractivity contribution >= 4 is 11.7 Å². The predicted molar refractivity (Wildman–Crippen MR) is 92.6 cm³/mol. The van der Waals surface area contributed by atoms with Crippen LogP contribution in [0.3, 0.4) is 0 Å². The zero-order valence-electron chi connectivity index (χ0n) is 13.5. The molecule has 2 N–H and O–H groups in total. The van der Waals surface area contributed by atoms with Crippen molar-refractivity contribution in [3.8, 4) is 17.0 Å². The molecule has 1 heterocycles. The van der Waals surface area contributed by atoms with Gasteiger partial charge in [-0.05, 0) is 48.9 Å². The number of carbonyl (C=O) groups excluding carboxylic acids is 1. The largest absolute Gasteiger partial charge is 0.508 e. The third-order valence-corrected chi connectivity index (χ3v) is 3.65. The molecule has 2 aromatic carbocycles. The molecule has 0 spiro atoms. The first-order valence-electron chi connectivity index (χ1n) is 7.68. The molecule has 0 atom stereocenters. The lowest BCUT2D eigenvalue weighted by molar-refractivity contribution is -0.115. The molecule has 126 valence electrons. The van der Waals surface area contributed by atoms with Gasteiger partial charge in [0.2, 0.25) is 5.91 Å². The molecule has 3 aromatic rings. The van der Waals surface area contributed by atoms with Crippen LogP contribution in [0.4, 0.5) is 10.2 Å². The minimum absolute atomic E-state index is 0.155. The summed E-state index contributed by atoms with van der Waals surface area (Å²) in [6, 6.07) is 12.4. The fourth-order valence-corrected chi connectivity index (χ4v) is 2.34. The number of amides is 1. The number of aromatic nitrogens is 2. The zero-order valence-corrected chi connectivity index (χ0v) is 13.5. The molecule has 0 unspecified atom stereocenters. The van der Waals surface area contributed by atoms with E-state index < -0.39 is 0 Å². The Morgan fingerprint density at radius 3 is 2.44 bits per heavy atom. The monoisotopic (exact) mass is 337 g/mol. The van der Waals surface area contributed by atoms with Gasteiger partial charge in [-0.3, -0.25) is 4.79 Å². The SMILES string of the molecule is Cc1nc(-c2ccc(F)cc2)cnc1NC(=O)Cc1ccc(O)cc1. The van der Waals surface area contributed by atoms with E-state index in [0.717, 1.165) is 11.1 Å². The molecule has 0 aliphatic heterocycles. The number of nitrogens with zero attached hydrogens (tertiary/aromatic N) is 2. The van der Waals surface area contributed by atoms with Gasteiger partial charge < -0.3 is 10.4 Å². The third-order valence-electron chi connectivity index (χ3n) is 3.65. The van der Waals surface area contributed by atoms with E-state index in [1.165, 1.54) is 30.5 Å². The normalized spacial score (nSPS) is 10.5. The van der Waals surface area contributed by atoms with E-state index in [9.17, 15) is 14.3 Å². The second kappa shape index (κ2) is 7.09. The van der Waals surface area contributed by atoms with Crippen LogP contribution in [-0.4, -0.2) is 21.0 Å². The summed E-state index contributed by atoms with van der Waals surface area (Å²) in [4.78, 5) is 20.8. The molecule has 0 saturated heterocycles. The average Bonchev–Trinajstić information content (AvgIpc) is 2.59. The maximum atomic E-state index is 13.0. The average molecular weight is 337 g/mol. The third kappa shape index (κ3) is 4.17. The molecule has 0 aliphatic carbocycles. The van der Waals surface area contributed by atoms with E-state index in [-0.39, 0.29) is 23.9 Å². The standard InChI is InChI=1S/C19H16FN3O2/c1-12-19(23-18(25)10-13-2-8-16(24)9-3-13)21-11-17(22-12)14-4-6-15(20)7-5-14/h2-9,11,24H,10H2,1H3,(H,21,23,25). The van der Waals surface area contributed by atoms with E-state index in [1.54, 1.807) is 31.2 Å². The molecule has 5 nitrogen and oxygen atoms in total. The second-order valence-electron chi connectivity index (χ2n) is 5.59. The second-order valence-corrected chi connectivity index (χ2v) is 5.59. The smallest absolute Gasteiger partial charge is 0.229 e. The summed E-state index contributed by atoms with van der Waals surface area (Å²) >= 11 is 0. The number of rotatable bonds is 4. The highest BCUT2D eigenvalue weighted by molar-refractivity contribution is 5.91. The van der Waals surface area contributed by atoms with Crippen LogP contribution in [0, 0.1) is 12.7 Å². The van der Waals surface area contributed by atoms with E-state index in [2.05, 4.69) is 15.3 Å². The highest BCUT2D eigenvalue weighted by Crippen LogP contribution is 2.20. The Morgan fingerprint density at radius 2 is 1.80 bits per heavy atom. The van der Waals surface area contributed by atoms with Crippen molar-refractivity contribution in [1.82, 2.24) is 9.97 Å². The van der Waals surface area contributed by atoms with Crippen molar-refractivity contribution in [3.05, 3.63) is 71.8 Å². The Balaban J connectivity index is 1.71. The first kappa shape index (κ1) is 16.6. The minimum Gasteiger partial charge on any atom is -0.508 e. The quantitative estimate of drug-likeness (QED) is 0.764. The van der Waals surface area contributed by atoms with Crippen LogP contribution in [0.25, 0.3) is 11.3 Å². The van der Waals surface area contributed by atoms with Crippen molar-refractivity contribution in [2.75, 3.05) is 5.32 Å². The Kier molecular flexibility index (Phi) is 4.70. The van der Waals surface area contributed by atoms with Gasteiger partial charge in [0.15, 0.2) is 5.82 Å². The number of phenols is 1. The lowest BCUT2D eigenvalue weighted by Gasteiger charge is -2.09. The highest BCUT2D eigenvalue weighted by Gasteiger charge is 2.10. The van der Waals surface area contributed by atoms with Crippen LogP contribution in [0.2, 0.25) is 0 Å². The van der Waals surface area contributed by atoms with Gasteiger partial charge in [0.25, 0.3) is 0 Å². The maximum Gasteiger partial charge on any atom is 0.229 e. The summed E-state index contributed by atoms with van der Waals surface area (Å²) in [6.45, 7) is 1.75. The summed E-state index contributed by atoms with van der Waals surface area (Å²) in [5.41, 5.74) is 2.71. The molecular formula is C19H16FN3O2. The fraction of sp³-hybridized carbons (Fsp3) is 0.105. The van der Waals surface area contributed by atoms with Gasteiger partial charge in [-0.1, -0.05) is 12.1 Å². The van der Waals surface area contributed by atoms with Gasteiger partial charge in [0.05, 0.1) is 24.0 Å². The maximum absolute atomic E-state index is 13.0. The molecule has 1 aromatic heterocycles.